The second-order valence-electron chi connectivity index (χ2n) is 7.58. The van der Waals surface area contributed by atoms with Gasteiger partial charge in [-0.1, -0.05) is 78.0 Å². The molecule has 0 saturated carbocycles. The van der Waals surface area contributed by atoms with Gasteiger partial charge in [0.1, 0.15) is 6.79 Å². The molecular formula is C20H28O. The third-order valence-electron chi connectivity index (χ3n) is 3.84. The summed E-state index contributed by atoms with van der Waals surface area (Å²) in [5.41, 5.74) is 6.21. The van der Waals surface area contributed by atoms with Crippen LogP contribution >= 0.6 is 0 Å². The van der Waals surface area contributed by atoms with Crippen molar-refractivity contribution in [2.24, 2.45) is 5.41 Å². The van der Waals surface area contributed by atoms with Crippen molar-refractivity contribution in [2.45, 2.75) is 53.4 Å². The molecule has 0 N–H and O–H groups in total. The molecule has 0 aliphatic heterocycles. The summed E-state index contributed by atoms with van der Waals surface area (Å²) < 4.78 is 0. The van der Waals surface area contributed by atoms with Gasteiger partial charge in [-0.3, -0.25) is 0 Å². The van der Waals surface area contributed by atoms with Crippen LogP contribution in [0.3, 0.4) is 0 Å². The summed E-state index contributed by atoms with van der Waals surface area (Å²) in [5.74, 6) is 0. The minimum Gasteiger partial charge on any atom is -0.307 e. The molecule has 0 saturated heterocycles. The van der Waals surface area contributed by atoms with Crippen molar-refractivity contribution >= 4 is 12.4 Å². The van der Waals surface area contributed by atoms with E-state index in [0.29, 0.717) is 0 Å². The van der Waals surface area contributed by atoms with Gasteiger partial charge in [0.15, 0.2) is 0 Å². The van der Waals surface area contributed by atoms with E-state index in [0.717, 1.165) is 6.42 Å². The van der Waals surface area contributed by atoms with Gasteiger partial charge in [-0.05, 0) is 39.5 Å². The molecule has 1 aromatic rings. The van der Waals surface area contributed by atoms with Crippen molar-refractivity contribution < 1.29 is 4.79 Å². The smallest absolute Gasteiger partial charge is 0.106 e. The molecule has 0 aromatic heterocycles. The Labute approximate surface area is 129 Å². The van der Waals surface area contributed by atoms with Gasteiger partial charge < -0.3 is 4.79 Å². The molecule has 0 radical (unpaired) electrons. The lowest BCUT2D eigenvalue weighted by Gasteiger charge is -2.23. The van der Waals surface area contributed by atoms with E-state index >= 15 is 0 Å². The number of carbonyl (C=O) groups excluding carboxylic acids is 1. The van der Waals surface area contributed by atoms with Crippen LogP contribution in [0.15, 0.2) is 42.0 Å². The van der Waals surface area contributed by atoms with Crippen LogP contribution in [0.1, 0.15) is 59.1 Å². The van der Waals surface area contributed by atoms with Crippen molar-refractivity contribution in [2.75, 3.05) is 0 Å². The standard InChI is InChI=1S/C19H26.CH2O/c1-18(2,3)15-12-10-14(11-13-15)16-8-7-9-17(16)19(4,5)6;1-2/h7,9-13H,8H2,1-6H3;1H2. The molecule has 0 fully saturated rings. The Balaban J connectivity index is 0.00000106. The third kappa shape index (κ3) is 4.17. The first kappa shape index (κ1) is 17.4. The molecule has 0 bridgehead atoms. The fourth-order valence-electron chi connectivity index (χ4n) is 2.65. The Bertz CT molecular complexity index is 531. The summed E-state index contributed by atoms with van der Waals surface area (Å²) in [7, 11) is 0. The maximum atomic E-state index is 8.00. The minimum atomic E-state index is 0.227. The Hall–Kier alpha value is -1.63. The van der Waals surface area contributed by atoms with Gasteiger partial charge in [-0.25, -0.2) is 0 Å². The summed E-state index contributed by atoms with van der Waals surface area (Å²) in [4.78, 5) is 8.00. The second kappa shape index (κ2) is 6.43. The summed E-state index contributed by atoms with van der Waals surface area (Å²) in [6.07, 6.45) is 5.65. The van der Waals surface area contributed by atoms with E-state index in [1.165, 1.54) is 22.3 Å². The van der Waals surface area contributed by atoms with Crippen molar-refractivity contribution in [3.63, 3.8) is 0 Å². The lowest BCUT2D eigenvalue weighted by atomic mass is 9.82. The predicted octanol–water partition coefficient (Wildman–Crippen LogP) is 5.56. The van der Waals surface area contributed by atoms with Crippen LogP contribution in [0.4, 0.5) is 0 Å². The van der Waals surface area contributed by atoms with Crippen LogP contribution in [0.25, 0.3) is 5.57 Å². The minimum absolute atomic E-state index is 0.227. The summed E-state index contributed by atoms with van der Waals surface area (Å²) >= 11 is 0. The first-order chi connectivity index (χ1) is 9.69. The number of hydrogen-bond donors (Lipinski definition) is 0. The highest BCUT2D eigenvalue weighted by Crippen LogP contribution is 2.39. The van der Waals surface area contributed by atoms with Crippen LogP contribution in [-0.2, 0) is 10.2 Å². The number of rotatable bonds is 1. The highest BCUT2D eigenvalue weighted by atomic mass is 16.1. The van der Waals surface area contributed by atoms with Crippen LogP contribution in [0.2, 0.25) is 0 Å². The lowest BCUT2D eigenvalue weighted by molar-refractivity contribution is -0.0979. The highest BCUT2D eigenvalue weighted by molar-refractivity contribution is 5.76. The second-order valence-corrected chi connectivity index (χ2v) is 7.58. The Morgan fingerprint density at radius 3 is 1.81 bits per heavy atom. The van der Waals surface area contributed by atoms with Crippen LogP contribution in [-0.4, -0.2) is 6.79 Å². The molecule has 2 rings (SSSR count). The van der Waals surface area contributed by atoms with Gasteiger partial charge in [0.2, 0.25) is 0 Å². The molecule has 0 atom stereocenters. The molecule has 0 unspecified atom stereocenters. The van der Waals surface area contributed by atoms with E-state index in [2.05, 4.69) is 78.0 Å². The lowest BCUT2D eigenvalue weighted by Crippen LogP contribution is -2.11. The predicted molar refractivity (Wildman–Crippen MR) is 92.4 cm³/mol. The number of benzene rings is 1. The number of allylic oxidation sites excluding steroid dienone is 4. The van der Waals surface area contributed by atoms with Crippen LogP contribution in [0, 0.1) is 5.41 Å². The zero-order chi connectivity index (χ0) is 16.3. The van der Waals surface area contributed by atoms with Crippen LogP contribution < -0.4 is 0 Å². The molecule has 0 heterocycles. The molecule has 0 spiro atoms. The van der Waals surface area contributed by atoms with Crippen molar-refractivity contribution in [1.82, 2.24) is 0 Å². The summed E-state index contributed by atoms with van der Waals surface area (Å²) in [6, 6.07) is 9.13. The zero-order valence-electron chi connectivity index (χ0n) is 14.3. The maximum absolute atomic E-state index is 8.00. The topological polar surface area (TPSA) is 17.1 Å². The van der Waals surface area contributed by atoms with E-state index in [1.807, 2.05) is 6.79 Å². The van der Waals surface area contributed by atoms with Gasteiger partial charge in [0.05, 0.1) is 0 Å². The Kier molecular flexibility index (Phi) is 5.33. The fraction of sp³-hybridized carbons (Fsp3) is 0.450. The summed E-state index contributed by atoms with van der Waals surface area (Å²) in [5, 5.41) is 0. The van der Waals surface area contributed by atoms with E-state index in [-0.39, 0.29) is 10.8 Å². The van der Waals surface area contributed by atoms with E-state index in [4.69, 9.17) is 4.79 Å². The molecule has 114 valence electrons. The van der Waals surface area contributed by atoms with Gasteiger partial charge in [-0.2, -0.15) is 0 Å². The van der Waals surface area contributed by atoms with E-state index in [9.17, 15) is 0 Å². The zero-order valence-corrected chi connectivity index (χ0v) is 14.3. The molecular weight excluding hydrogens is 256 g/mol. The molecule has 1 aliphatic carbocycles. The first-order valence-electron chi connectivity index (χ1n) is 7.49. The van der Waals surface area contributed by atoms with Gasteiger partial charge in [-0.15, -0.1) is 0 Å². The SMILES string of the molecule is C=O.CC(C)(C)C1=C(c2ccc(C(C)(C)C)cc2)CC=C1. The Morgan fingerprint density at radius 1 is 0.857 bits per heavy atom. The van der Waals surface area contributed by atoms with Crippen molar-refractivity contribution in [3.05, 3.63) is 53.1 Å². The fourth-order valence-corrected chi connectivity index (χ4v) is 2.65. The quantitative estimate of drug-likeness (QED) is 0.660. The molecule has 1 aromatic carbocycles. The summed E-state index contributed by atoms with van der Waals surface area (Å²) in [6.45, 7) is 15.7. The van der Waals surface area contributed by atoms with Crippen molar-refractivity contribution in [3.8, 4) is 0 Å². The van der Waals surface area contributed by atoms with Gasteiger partial charge in [0.25, 0.3) is 0 Å². The molecule has 21 heavy (non-hydrogen) atoms. The molecule has 1 nitrogen and oxygen atoms in total. The normalized spacial score (nSPS) is 15.0. The highest BCUT2D eigenvalue weighted by Gasteiger charge is 2.22. The molecule has 0 amide bonds. The van der Waals surface area contributed by atoms with Gasteiger partial charge in [0, 0.05) is 0 Å². The third-order valence-corrected chi connectivity index (χ3v) is 3.84. The van der Waals surface area contributed by atoms with Gasteiger partial charge >= 0.3 is 0 Å². The van der Waals surface area contributed by atoms with Crippen molar-refractivity contribution in [1.29, 1.82) is 0 Å². The van der Waals surface area contributed by atoms with E-state index in [1.54, 1.807) is 0 Å². The largest absolute Gasteiger partial charge is 0.307 e. The molecule has 1 heteroatoms. The van der Waals surface area contributed by atoms with Crippen LogP contribution in [0.5, 0.6) is 0 Å². The average Bonchev–Trinajstić information content (AvgIpc) is 2.89. The number of hydrogen-bond acceptors (Lipinski definition) is 1. The average molecular weight is 284 g/mol. The first-order valence-corrected chi connectivity index (χ1v) is 7.49. The Morgan fingerprint density at radius 2 is 1.38 bits per heavy atom. The molecule has 1 aliphatic rings. The monoisotopic (exact) mass is 284 g/mol. The maximum Gasteiger partial charge on any atom is 0.106 e. The van der Waals surface area contributed by atoms with E-state index < -0.39 is 0 Å². The number of carbonyl (C=O) groups is 1.